The van der Waals surface area contributed by atoms with Gasteiger partial charge in [0.15, 0.2) is 6.61 Å². The van der Waals surface area contributed by atoms with Gasteiger partial charge in [-0.15, -0.1) is 0 Å². The van der Waals surface area contributed by atoms with Gasteiger partial charge in [0.25, 0.3) is 5.91 Å². The number of carbonyl (C=O) groups excluding carboxylic acids is 2. The maximum Gasteiger partial charge on any atom is 0.321 e. The summed E-state index contributed by atoms with van der Waals surface area (Å²) in [6.45, 7) is 4.09. The van der Waals surface area contributed by atoms with E-state index in [2.05, 4.69) is 5.32 Å². The van der Waals surface area contributed by atoms with Crippen molar-refractivity contribution in [3.8, 4) is 5.75 Å². The van der Waals surface area contributed by atoms with Crippen molar-refractivity contribution in [3.05, 3.63) is 59.9 Å². The molecule has 168 valence electrons. The number of hydrogen-bond donors (Lipinski definition) is 1. The van der Waals surface area contributed by atoms with Gasteiger partial charge in [-0.1, -0.05) is 31.2 Å². The number of urea groups is 1. The van der Waals surface area contributed by atoms with Crippen LogP contribution in [-0.4, -0.2) is 48.5 Å². The molecule has 0 spiro atoms. The summed E-state index contributed by atoms with van der Waals surface area (Å²) >= 11 is 0. The molecule has 0 radical (unpaired) electrons. The minimum Gasteiger partial charge on any atom is -0.484 e. The van der Waals surface area contributed by atoms with Gasteiger partial charge in [-0.2, -0.15) is 0 Å². The van der Waals surface area contributed by atoms with E-state index in [0.717, 1.165) is 54.6 Å². The average Bonchev–Trinajstić information content (AvgIpc) is 3.46. The van der Waals surface area contributed by atoms with Crippen molar-refractivity contribution in [2.75, 3.05) is 32.1 Å². The smallest absolute Gasteiger partial charge is 0.321 e. The highest BCUT2D eigenvalue weighted by Crippen LogP contribution is 2.27. The fraction of sp³-hybridized carbons (Fsp3) is 0.360. The van der Waals surface area contributed by atoms with E-state index in [1.165, 1.54) is 0 Å². The highest BCUT2D eigenvalue weighted by atomic mass is 16.5. The van der Waals surface area contributed by atoms with E-state index in [1.807, 2.05) is 36.1 Å². The second-order valence-electron chi connectivity index (χ2n) is 8.04. The number of furan rings is 1. The number of amides is 3. The third-order valence-electron chi connectivity index (χ3n) is 5.75. The quantitative estimate of drug-likeness (QED) is 0.586. The largest absolute Gasteiger partial charge is 0.484 e. The summed E-state index contributed by atoms with van der Waals surface area (Å²) in [4.78, 5) is 28.4. The zero-order valence-electron chi connectivity index (χ0n) is 18.6. The van der Waals surface area contributed by atoms with E-state index in [4.69, 9.17) is 9.15 Å². The van der Waals surface area contributed by atoms with Crippen LogP contribution in [-0.2, 0) is 17.8 Å². The first-order chi connectivity index (χ1) is 15.5. The fourth-order valence-corrected chi connectivity index (χ4v) is 4.00. The van der Waals surface area contributed by atoms with Crippen LogP contribution in [0.2, 0.25) is 0 Å². The molecule has 0 aliphatic carbocycles. The molecule has 1 fully saturated rings. The molecule has 1 aliphatic rings. The van der Waals surface area contributed by atoms with Gasteiger partial charge in [0.2, 0.25) is 0 Å². The summed E-state index contributed by atoms with van der Waals surface area (Å²) < 4.78 is 11.6. The summed E-state index contributed by atoms with van der Waals surface area (Å²) in [6.07, 6.45) is 2.86. The number of likely N-dealkylation sites (tertiary alicyclic amines) is 1. The van der Waals surface area contributed by atoms with Gasteiger partial charge in [0, 0.05) is 49.3 Å². The molecule has 0 bridgehead atoms. The molecule has 2 heterocycles. The number of aryl methyl sites for hydroxylation is 1. The van der Waals surface area contributed by atoms with Crippen LogP contribution >= 0.6 is 0 Å². The van der Waals surface area contributed by atoms with Gasteiger partial charge < -0.3 is 24.3 Å². The first-order valence-corrected chi connectivity index (χ1v) is 11.1. The van der Waals surface area contributed by atoms with Gasteiger partial charge in [0.05, 0.1) is 6.54 Å². The second-order valence-corrected chi connectivity index (χ2v) is 8.04. The number of anilines is 1. The first kappa shape index (κ1) is 21.7. The van der Waals surface area contributed by atoms with Crippen LogP contribution in [0.1, 0.15) is 31.1 Å². The molecule has 0 unspecified atom stereocenters. The molecule has 2 aromatic carbocycles. The summed E-state index contributed by atoms with van der Waals surface area (Å²) in [5.74, 6) is 1.44. The topological polar surface area (TPSA) is 75.0 Å². The van der Waals surface area contributed by atoms with Crippen LogP contribution in [0.4, 0.5) is 10.5 Å². The van der Waals surface area contributed by atoms with E-state index in [9.17, 15) is 9.59 Å². The Hall–Kier alpha value is -3.48. The maximum atomic E-state index is 12.8. The highest BCUT2D eigenvalue weighted by Gasteiger charge is 2.19. The molecule has 0 saturated carbocycles. The van der Waals surface area contributed by atoms with E-state index >= 15 is 0 Å². The molecule has 0 atom stereocenters. The van der Waals surface area contributed by atoms with Gasteiger partial charge in [-0.25, -0.2) is 4.79 Å². The molecule has 32 heavy (non-hydrogen) atoms. The molecular formula is C25H29N3O4. The van der Waals surface area contributed by atoms with E-state index < -0.39 is 0 Å². The SMILES string of the molecule is CCc1oc2ccccc2c1CN(C)C(=O)Nc1cccc(OCC(=O)N2CCCC2)c1. The molecular weight excluding hydrogens is 406 g/mol. The summed E-state index contributed by atoms with van der Waals surface area (Å²) in [7, 11) is 1.76. The Kier molecular flexibility index (Phi) is 6.63. The van der Waals surface area contributed by atoms with Crippen LogP contribution in [0.3, 0.4) is 0 Å². The monoisotopic (exact) mass is 435 g/mol. The number of ether oxygens (including phenoxy) is 1. The van der Waals surface area contributed by atoms with Crippen molar-refractivity contribution < 1.29 is 18.7 Å². The zero-order chi connectivity index (χ0) is 22.5. The molecule has 1 aliphatic heterocycles. The number of nitrogens with one attached hydrogen (secondary N) is 1. The van der Waals surface area contributed by atoms with Crippen molar-refractivity contribution in [2.24, 2.45) is 0 Å². The van der Waals surface area contributed by atoms with Crippen LogP contribution in [0.25, 0.3) is 11.0 Å². The molecule has 1 N–H and O–H groups in total. The molecule has 4 rings (SSSR count). The molecule has 7 heteroatoms. The van der Waals surface area contributed by atoms with Crippen molar-refractivity contribution in [1.82, 2.24) is 9.80 Å². The third-order valence-corrected chi connectivity index (χ3v) is 5.75. The number of hydrogen-bond acceptors (Lipinski definition) is 4. The normalized spacial score (nSPS) is 13.4. The standard InChI is InChI=1S/C25H29N3O4/c1-3-22-21(20-11-4-5-12-23(20)32-22)16-27(2)25(30)26-18-9-8-10-19(15-18)31-17-24(29)28-13-6-7-14-28/h4-5,8-12,15H,3,6-7,13-14,16-17H2,1-2H3,(H,26,30). The average molecular weight is 436 g/mol. The number of para-hydroxylation sites is 1. The second kappa shape index (κ2) is 9.77. The minimum absolute atomic E-state index is 0.00395. The first-order valence-electron chi connectivity index (χ1n) is 11.1. The summed E-state index contributed by atoms with van der Waals surface area (Å²) in [5, 5.41) is 3.93. The van der Waals surface area contributed by atoms with Crippen LogP contribution in [0.5, 0.6) is 5.75 Å². The highest BCUT2D eigenvalue weighted by molar-refractivity contribution is 5.90. The zero-order valence-corrected chi connectivity index (χ0v) is 18.6. The van der Waals surface area contributed by atoms with E-state index in [1.54, 1.807) is 36.2 Å². The van der Waals surface area contributed by atoms with Crippen LogP contribution < -0.4 is 10.1 Å². The predicted molar refractivity (Wildman–Crippen MR) is 124 cm³/mol. The lowest BCUT2D eigenvalue weighted by molar-refractivity contribution is -0.132. The molecule has 3 amide bonds. The number of carbonyl (C=O) groups is 2. The van der Waals surface area contributed by atoms with E-state index in [-0.39, 0.29) is 18.5 Å². The number of nitrogens with zero attached hydrogens (tertiary/aromatic N) is 2. The van der Waals surface area contributed by atoms with Gasteiger partial charge in [-0.3, -0.25) is 4.79 Å². The Labute approximate surface area is 187 Å². The Balaban J connectivity index is 1.37. The lowest BCUT2D eigenvalue weighted by atomic mass is 10.1. The van der Waals surface area contributed by atoms with Crippen molar-refractivity contribution >= 4 is 28.6 Å². The Morgan fingerprint density at radius 3 is 2.69 bits per heavy atom. The van der Waals surface area contributed by atoms with Crippen LogP contribution in [0, 0.1) is 0 Å². The van der Waals surface area contributed by atoms with Crippen molar-refractivity contribution in [1.29, 1.82) is 0 Å². The Bertz CT molecular complexity index is 1100. The van der Waals surface area contributed by atoms with Gasteiger partial charge >= 0.3 is 6.03 Å². The predicted octanol–water partition coefficient (Wildman–Crippen LogP) is 4.66. The van der Waals surface area contributed by atoms with Crippen molar-refractivity contribution in [2.45, 2.75) is 32.7 Å². The van der Waals surface area contributed by atoms with E-state index in [0.29, 0.717) is 18.0 Å². The lowest BCUT2D eigenvalue weighted by Crippen LogP contribution is -2.32. The Morgan fingerprint density at radius 2 is 1.91 bits per heavy atom. The maximum absolute atomic E-state index is 12.8. The number of fused-ring (bicyclic) bond motifs is 1. The number of rotatable bonds is 7. The number of benzene rings is 2. The molecule has 1 aromatic heterocycles. The summed E-state index contributed by atoms with van der Waals surface area (Å²) in [5.41, 5.74) is 2.47. The fourth-order valence-electron chi connectivity index (χ4n) is 4.00. The van der Waals surface area contributed by atoms with Gasteiger partial charge in [-0.05, 0) is 31.0 Å². The van der Waals surface area contributed by atoms with Gasteiger partial charge in [0.1, 0.15) is 17.1 Å². The Morgan fingerprint density at radius 1 is 1.12 bits per heavy atom. The lowest BCUT2D eigenvalue weighted by Gasteiger charge is -2.19. The third kappa shape index (κ3) is 4.88. The summed E-state index contributed by atoms with van der Waals surface area (Å²) in [6, 6.07) is 14.7. The van der Waals surface area contributed by atoms with Crippen molar-refractivity contribution in [3.63, 3.8) is 0 Å². The molecule has 1 saturated heterocycles. The molecule has 3 aromatic rings. The minimum atomic E-state index is -0.234. The molecule has 7 nitrogen and oxygen atoms in total. The van der Waals surface area contributed by atoms with Crippen LogP contribution in [0.15, 0.2) is 52.9 Å².